The fraction of sp³-hybridized carbons (Fsp3) is 0.545. The molecule has 6 atom stereocenters. The molecule has 0 spiro atoms. The fourth-order valence-corrected chi connectivity index (χ4v) is 8.46. The van der Waals surface area contributed by atoms with E-state index in [1.54, 1.807) is 23.3 Å². The predicted molar refractivity (Wildman–Crippen MR) is 166 cm³/mol. The smallest absolute Gasteiger partial charge is 0.327 e. The number of esters is 1. The molecule has 3 saturated heterocycles. The van der Waals surface area contributed by atoms with Crippen LogP contribution in [0.4, 0.5) is 0 Å². The topological polar surface area (TPSA) is 136 Å². The normalized spacial score (nSPS) is 32.9. The molecule has 11 nitrogen and oxygen atoms in total. The van der Waals surface area contributed by atoms with Crippen LogP contribution in [0, 0.1) is 20.8 Å². The minimum absolute atomic E-state index is 0.150. The van der Waals surface area contributed by atoms with Gasteiger partial charge in [0.2, 0.25) is 5.91 Å². The van der Waals surface area contributed by atoms with Gasteiger partial charge in [0.1, 0.15) is 29.8 Å². The molecule has 0 aromatic heterocycles. The van der Waals surface area contributed by atoms with Crippen LogP contribution in [0.3, 0.4) is 0 Å². The molecule has 6 aliphatic rings. The van der Waals surface area contributed by atoms with Gasteiger partial charge < -0.3 is 30.0 Å². The van der Waals surface area contributed by atoms with Crippen LogP contribution >= 0.6 is 22.6 Å². The minimum atomic E-state index is -1.26. The number of halogens is 1. The van der Waals surface area contributed by atoms with Gasteiger partial charge in [-0.25, -0.2) is 0 Å². The molecule has 3 aliphatic carbocycles. The molecule has 2 amide bonds. The first-order valence-corrected chi connectivity index (χ1v) is 16.9. The summed E-state index contributed by atoms with van der Waals surface area (Å²) < 4.78 is 20.8. The Bertz CT molecular complexity index is 1520. The molecule has 6 fully saturated rings. The van der Waals surface area contributed by atoms with Gasteiger partial charge in [0.25, 0.3) is 5.91 Å². The summed E-state index contributed by atoms with van der Waals surface area (Å²) in [6.45, 7) is 0.445. The van der Waals surface area contributed by atoms with E-state index >= 15 is 0 Å². The fourth-order valence-electron chi connectivity index (χ4n) is 7.90. The molecule has 2 bridgehead atoms. The average Bonchev–Trinajstić information content (AvgIpc) is 3.99. The molecular formula is C33H36IN3O8. The molecule has 3 aliphatic heterocycles. The van der Waals surface area contributed by atoms with Crippen LogP contribution in [-0.2, 0) is 41.7 Å². The maximum absolute atomic E-state index is 14.5. The van der Waals surface area contributed by atoms with E-state index in [0.717, 1.165) is 40.4 Å². The quantitative estimate of drug-likeness (QED) is 0.249. The van der Waals surface area contributed by atoms with Crippen molar-refractivity contribution in [2.24, 2.45) is 17.3 Å². The lowest BCUT2D eigenvalue weighted by atomic mass is 9.62. The highest BCUT2D eigenvalue weighted by Crippen LogP contribution is 2.63. The Morgan fingerprint density at radius 2 is 1.76 bits per heavy atom. The third-order valence-electron chi connectivity index (χ3n) is 10.2. The first kappa shape index (κ1) is 29.8. The molecule has 2 aromatic rings. The predicted octanol–water partition coefficient (Wildman–Crippen LogP) is 2.43. The Labute approximate surface area is 274 Å². The second kappa shape index (κ2) is 11.3. The van der Waals surface area contributed by atoms with E-state index in [4.69, 9.17) is 24.2 Å². The lowest BCUT2D eigenvalue weighted by Crippen LogP contribution is -2.69. The van der Waals surface area contributed by atoms with Gasteiger partial charge >= 0.3 is 5.97 Å². The average molecular weight is 730 g/mol. The number of carbonyl (C=O) groups excluding carboxylic acids is 3. The Morgan fingerprint density at radius 1 is 1.00 bits per heavy atom. The van der Waals surface area contributed by atoms with E-state index < -0.39 is 47.6 Å². The number of ether oxygens (including phenoxy) is 3. The van der Waals surface area contributed by atoms with Crippen LogP contribution in [0.2, 0.25) is 0 Å². The largest absolute Gasteiger partial charge is 0.458 e. The maximum Gasteiger partial charge on any atom is 0.327 e. The van der Waals surface area contributed by atoms with Crippen molar-refractivity contribution in [3.05, 3.63) is 68.8 Å². The molecule has 238 valence electrons. The van der Waals surface area contributed by atoms with E-state index in [1.165, 1.54) is 0 Å². The molecule has 3 saturated carbocycles. The summed E-state index contributed by atoms with van der Waals surface area (Å²) in [5, 5.41) is 16.4. The van der Waals surface area contributed by atoms with Crippen molar-refractivity contribution < 1.29 is 38.5 Å². The molecule has 6 unspecified atom stereocenters. The summed E-state index contributed by atoms with van der Waals surface area (Å²) in [7, 11) is 0. The second-order valence-corrected chi connectivity index (χ2v) is 14.3. The number of aliphatic hydroxyl groups is 1. The van der Waals surface area contributed by atoms with Gasteiger partial charge in [-0.15, -0.1) is 0 Å². The zero-order valence-corrected chi connectivity index (χ0v) is 26.8. The van der Waals surface area contributed by atoms with E-state index in [1.807, 2.05) is 30.3 Å². The summed E-state index contributed by atoms with van der Waals surface area (Å²) in [6, 6.07) is 13.9. The number of aliphatic hydroxyl groups excluding tert-OH is 1. The van der Waals surface area contributed by atoms with Crippen molar-refractivity contribution >= 4 is 40.4 Å². The number of nitrogens with zero attached hydrogens (tertiary/aromatic N) is 1. The lowest BCUT2D eigenvalue weighted by molar-refractivity contribution is -0.235. The van der Waals surface area contributed by atoms with Crippen LogP contribution in [0.25, 0.3) is 0 Å². The summed E-state index contributed by atoms with van der Waals surface area (Å²) in [6.07, 6.45) is 1.98. The summed E-state index contributed by atoms with van der Waals surface area (Å²) >= 11 is 2.27. The molecule has 2 aromatic carbocycles. The highest BCUT2D eigenvalue weighted by atomic mass is 127. The SMILES string of the molecule is O=C(NCCO)c1cccc(CNC(=O)C23CC4OC(=O)C2N(Cc2ccccc2I)OC3C2OC(C3CC3)(C3CC3)OC42)c1. The van der Waals surface area contributed by atoms with E-state index in [-0.39, 0.29) is 37.9 Å². The Balaban J connectivity index is 1.12. The number of hydroxylamine groups is 2. The number of rotatable bonds is 10. The Kier molecular flexibility index (Phi) is 7.45. The number of carbonyl (C=O) groups is 3. The zero-order valence-electron chi connectivity index (χ0n) is 24.7. The molecule has 3 N–H and O–H groups in total. The number of amides is 2. The van der Waals surface area contributed by atoms with Crippen molar-refractivity contribution in [2.75, 3.05) is 13.2 Å². The molecule has 3 heterocycles. The number of benzene rings is 2. The monoisotopic (exact) mass is 729 g/mol. The van der Waals surface area contributed by atoms with Crippen molar-refractivity contribution in [3.8, 4) is 0 Å². The van der Waals surface area contributed by atoms with Crippen LogP contribution in [0.1, 0.15) is 53.6 Å². The van der Waals surface area contributed by atoms with Crippen molar-refractivity contribution in [3.63, 3.8) is 0 Å². The van der Waals surface area contributed by atoms with Gasteiger partial charge in [0.05, 0.1) is 13.2 Å². The van der Waals surface area contributed by atoms with Crippen LogP contribution < -0.4 is 10.6 Å². The van der Waals surface area contributed by atoms with Gasteiger partial charge in [0.15, 0.2) is 11.8 Å². The molecule has 8 rings (SSSR count). The summed E-state index contributed by atoms with van der Waals surface area (Å²) in [5.74, 6) is -1.21. The number of hydrogen-bond acceptors (Lipinski definition) is 9. The third-order valence-corrected chi connectivity index (χ3v) is 11.3. The van der Waals surface area contributed by atoms with Crippen molar-refractivity contribution in [2.45, 2.75) is 81.4 Å². The van der Waals surface area contributed by atoms with Crippen molar-refractivity contribution in [1.82, 2.24) is 15.7 Å². The van der Waals surface area contributed by atoms with Crippen LogP contribution in [0.5, 0.6) is 0 Å². The van der Waals surface area contributed by atoms with E-state index in [2.05, 4.69) is 33.2 Å². The highest BCUT2D eigenvalue weighted by Gasteiger charge is 2.78. The molecular weight excluding hydrogens is 693 g/mol. The summed E-state index contributed by atoms with van der Waals surface area (Å²) in [5.41, 5.74) is 0.870. The van der Waals surface area contributed by atoms with E-state index in [0.29, 0.717) is 23.9 Å². The number of nitrogens with one attached hydrogen (secondary N) is 2. The Morgan fingerprint density at radius 3 is 2.49 bits per heavy atom. The Hall–Kier alpha value is -2.62. The van der Waals surface area contributed by atoms with Gasteiger partial charge in [-0.3, -0.25) is 19.2 Å². The zero-order chi connectivity index (χ0) is 30.9. The van der Waals surface area contributed by atoms with Crippen LogP contribution in [0.15, 0.2) is 48.5 Å². The standard InChI is InChI=1S/C33H36IN3O8/c34-23-7-2-1-5-20(23)17-37-27-30(40)42-24-15-32(27,31(41)36-16-18-4-3-6-19(14-18)29(39)35-12-13-38)28(45-37)26-25(24)43-33(44-26,21-8-9-21)22-10-11-22/h1-7,14,21-22,24-28,38H,8-13,15-17H2,(H,35,39)(H,36,41). The van der Waals surface area contributed by atoms with Gasteiger partial charge in [-0.05, 0) is 77.6 Å². The van der Waals surface area contributed by atoms with Gasteiger partial charge in [-0.1, -0.05) is 30.3 Å². The second-order valence-electron chi connectivity index (χ2n) is 13.1. The molecule has 0 radical (unpaired) electrons. The minimum Gasteiger partial charge on any atom is -0.458 e. The van der Waals surface area contributed by atoms with E-state index in [9.17, 15) is 14.4 Å². The first-order valence-electron chi connectivity index (χ1n) is 15.8. The number of fused-ring (bicyclic) bond motifs is 4. The van der Waals surface area contributed by atoms with Crippen molar-refractivity contribution in [1.29, 1.82) is 0 Å². The lowest BCUT2D eigenvalue weighted by Gasteiger charge is -2.48. The maximum atomic E-state index is 14.5. The third kappa shape index (κ3) is 4.91. The van der Waals surface area contributed by atoms with Crippen LogP contribution in [-0.4, -0.2) is 77.3 Å². The first-order chi connectivity index (χ1) is 21.8. The summed E-state index contributed by atoms with van der Waals surface area (Å²) in [4.78, 5) is 47.6. The van der Waals surface area contributed by atoms with Gasteiger partial charge in [0, 0.05) is 40.5 Å². The molecule has 12 heteroatoms. The highest BCUT2D eigenvalue weighted by molar-refractivity contribution is 14.1. The number of hydrogen-bond donors (Lipinski definition) is 3. The molecule has 45 heavy (non-hydrogen) atoms. The van der Waals surface area contributed by atoms with Gasteiger partial charge in [-0.2, -0.15) is 5.06 Å².